The quantitative estimate of drug-likeness (QED) is 0.568. The van der Waals surface area contributed by atoms with Gasteiger partial charge >= 0.3 is 0 Å². The lowest BCUT2D eigenvalue weighted by Gasteiger charge is -2.06. The van der Waals surface area contributed by atoms with Crippen LogP contribution in [0.5, 0.6) is 0 Å². The Morgan fingerprint density at radius 3 is 2.56 bits per heavy atom. The molecule has 0 aliphatic carbocycles. The molecule has 0 fully saturated rings. The molecule has 0 N–H and O–H groups in total. The summed E-state index contributed by atoms with van der Waals surface area (Å²) >= 11 is 0. The number of aryl methyl sites for hydroxylation is 3. The third-order valence-electron chi connectivity index (χ3n) is 3.88. The monoisotopic (exact) mass is 336 g/mol. The van der Waals surface area contributed by atoms with Crippen LogP contribution < -0.4 is 5.56 Å². The number of hydrogen-bond donors (Lipinski definition) is 0. The molecule has 0 radical (unpaired) electrons. The second-order valence-corrected chi connectivity index (χ2v) is 6.05. The van der Waals surface area contributed by atoms with Crippen LogP contribution >= 0.6 is 0 Å². The van der Waals surface area contributed by atoms with E-state index in [0.29, 0.717) is 22.7 Å². The average molecular weight is 336 g/mol. The van der Waals surface area contributed by atoms with Crippen LogP contribution in [0.3, 0.4) is 0 Å². The number of nitrogens with zero attached hydrogens (tertiary/aromatic N) is 6. The predicted molar refractivity (Wildman–Crippen MR) is 90.7 cm³/mol. The van der Waals surface area contributed by atoms with Crippen molar-refractivity contribution in [2.75, 3.05) is 0 Å². The van der Waals surface area contributed by atoms with Gasteiger partial charge in [-0.2, -0.15) is 10.1 Å². The van der Waals surface area contributed by atoms with E-state index in [9.17, 15) is 4.79 Å². The van der Waals surface area contributed by atoms with Crippen molar-refractivity contribution < 1.29 is 4.52 Å². The van der Waals surface area contributed by atoms with Crippen LogP contribution in [0.15, 0.2) is 40.0 Å². The zero-order valence-electron chi connectivity index (χ0n) is 14.1. The van der Waals surface area contributed by atoms with E-state index in [-0.39, 0.29) is 12.1 Å². The molecule has 0 saturated heterocycles. The van der Waals surface area contributed by atoms with Crippen molar-refractivity contribution in [1.82, 2.24) is 29.5 Å². The Kier molecular flexibility index (Phi) is 3.45. The second-order valence-electron chi connectivity index (χ2n) is 6.05. The Balaban J connectivity index is 1.80. The van der Waals surface area contributed by atoms with Crippen molar-refractivity contribution >= 4 is 11.0 Å². The lowest BCUT2D eigenvalue weighted by Crippen LogP contribution is -2.21. The zero-order chi connectivity index (χ0) is 17.6. The summed E-state index contributed by atoms with van der Waals surface area (Å²) in [4.78, 5) is 21.2. The van der Waals surface area contributed by atoms with Gasteiger partial charge in [0.1, 0.15) is 18.3 Å². The van der Waals surface area contributed by atoms with Crippen LogP contribution in [0.1, 0.15) is 22.8 Å². The molecule has 0 aliphatic heterocycles. The minimum atomic E-state index is -0.198. The summed E-state index contributed by atoms with van der Waals surface area (Å²) < 4.78 is 8.18. The third kappa shape index (κ3) is 2.71. The second kappa shape index (κ2) is 5.66. The Labute approximate surface area is 142 Å². The molecule has 3 heterocycles. The maximum absolute atomic E-state index is 12.7. The highest BCUT2D eigenvalue weighted by Crippen LogP contribution is 2.17. The first-order valence-corrected chi connectivity index (χ1v) is 7.82. The van der Waals surface area contributed by atoms with Crippen LogP contribution in [0.2, 0.25) is 0 Å². The van der Waals surface area contributed by atoms with Crippen LogP contribution in [-0.4, -0.2) is 29.5 Å². The Hall–Kier alpha value is -3.29. The van der Waals surface area contributed by atoms with E-state index in [1.807, 2.05) is 26.0 Å². The lowest BCUT2D eigenvalue weighted by molar-refractivity contribution is 0.366. The van der Waals surface area contributed by atoms with Gasteiger partial charge in [0.05, 0.1) is 11.9 Å². The van der Waals surface area contributed by atoms with Gasteiger partial charge in [0.25, 0.3) is 5.56 Å². The molecule has 0 unspecified atom stereocenters. The summed E-state index contributed by atoms with van der Waals surface area (Å²) in [6, 6.07) is 6.10. The molecule has 3 aromatic heterocycles. The maximum Gasteiger partial charge on any atom is 0.264 e. The van der Waals surface area contributed by atoms with Crippen LogP contribution in [-0.2, 0) is 6.54 Å². The fourth-order valence-corrected chi connectivity index (χ4v) is 2.87. The highest BCUT2D eigenvalue weighted by atomic mass is 16.5. The highest BCUT2D eigenvalue weighted by Gasteiger charge is 2.13. The van der Waals surface area contributed by atoms with Gasteiger partial charge in [-0.25, -0.2) is 9.67 Å². The number of rotatable bonds is 3. The molecule has 4 aromatic rings. The van der Waals surface area contributed by atoms with Gasteiger partial charge in [-0.1, -0.05) is 11.2 Å². The van der Waals surface area contributed by atoms with Gasteiger partial charge in [0.15, 0.2) is 11.5 Å². The van der Waals surface area contributed by atoms with Crippen molar-refractivity contribution in [1.29, 1.82) is 0 Å². The Bertz CT molecular complexity index is 1120. The Morgan fingerprint density at radius 1 is 1.12 bits per heavy atom. The van der Waals surface area contributed by atoms with Gasteiger partial charge in [0, 0.05) is 0 Å². The van der Waals surface area contributed by atoms with Crippen molar-refractivity contribution in [3.05, 3.63) is 63.9 Å². The fraction of sp³-hybridized carbons (Fsp3) is 0.235. The van der Waals surface area contributed by atoms with Gasteiger partial charge < -0.3 is 4.52 Å². The van der Waals surface area contributed by atoms with E-state index in [0.717, 1.165) is 16.8 Å². The Morgan fingerprint density at radius 2 is 1.88 bits per heavy atom. The largest absolute Gasteiger partial charge is 0.337 e. The van der Waals surface area contributed by atoms with Gasteiger partial charge in [-0.3, -0.25) is 9.36 Å². The normalized spacial score (nSPS) is 11.3. The molecule has 0 aliphatic rings. The van der Waals surface area contributed by atoms with Crippen molar-refractivity contribution in [3.8, 4) is 5.69 Å². The maximum atomic E-state index is 12.7. The SMILES string of the molecule is Cc1cc(C)cc(-n2ncc3c(=O)n(Cc4nc(C)no4)cnc32)c1. The number of benzene rings is 1. The van der Waals surface area contributed by atoms with Crippen LogP contribution in [0.4, 0.5) is 0 Å². The molecule has 0 bridgehead atoms. The summed E-state index contributed by atoms with van der Waals surface area (Å²) in [7, 11) is 0. The van der Waals surface area contributed by atoms with Gasteiger partial charge in [0.2, 0.25) is 5.89 Å². The van der Waals surface area contributed by atoms with Crippen LogP contribution in [0, 0.1) is 20.8 Å². The summed E-state index contributed by atoms with van der Waals surface area (Å²) in [5.74, 6) is 0.891. The van der Waals surface area contributed by atoms with Gasteiger partial charge in [-0.15, -0.1) is 0 Å². The first kappa shape index (κ1) is 15.3. The standard InChI is InChI=1S/C17H16N6O2/c1-10-4-11(2)6-13(5-10)23-16-14(7-19-23)17(24)22(9-18-16)8-15-20-12(3)21-25-15/h4-7,9H,8H2,1-3H3. The first-order valence-electron chi connectivity index (χ1n) is 7.82. The van der Waals surface area contributed by atoms with E-state index in [2.05, 4.69) is 26.3 Å². The minimum Gasteiger partial charge on any atom is -0.337 e. The predicted octanol–water partition coefficient (Wildman–Crippen LogP) is 1.94. The van der Waals surface area contributed by atoms with Crippen LogP contribution in [0.25, 0.3) is 16.7 Å². The summed E-state index contributed by atoms with van der Waals surface area (Å²) in [5.41, 5.74) is 3.45. The van der Waals surface area contributed by atoms with E-state index in [4.69, 9.17) is 4.52 Å². The highest BCUT2D eigenvalue weighted by molar-refractivity contribution is 5.75. The summed E-state index contributed by atoms with van der Waals surface area (Å²) in [6.07, 6.45) is 3.02. The molecular weight excluding hydrogens is 320 g/mol. The molecule has 0 amide bonds. The minimum absolute atomic E-state index is 0.178. The number of fused-ring (bicyclic) bond motifs is 1. The molecular formula is C17H16N6O2. The van der Waals surface area contributed by atoms with Crippen molar-refractivity contribution in [2.45, 2.75) is 27.3 Å². The topological polar surface area (TPSA) is 91.6 Å². The molecule has 0 atom stereocenters. The van der Waals surface area contributed by atoms with E-state index in [1.54, 1.807) is 11.6 Å². The third-order valence-corrected chi connectivity index (χ3v) is 3.88. The molecule has 8 nitrogen and oxygen atoms in total. The number of hydrogen-bond acceptors (Lipinski definition) is 6. The molecule has 4 rings (SSSR count). The molecule has 126 valence electrons. The average Bonchev–Trinajstić information content (AvgIpc) is 3.16. The van der Waals surface area contributed by atoms with E-state index in [1.165, 1.54) is 17.1 Å². The molecule has 0 spiro atoms. The number of aromatic nitrogens is 6. The van der Waals surface area contributed by atoms with Gasteiger partial charge in [-0.05, 0) is 44.0 Å². The summed E-state index contributed by atoms with van der Waals surface area (Å²) in [5, 5.41) is 8.52. The first-order chi connectivity index (χ1) is 12.0. The lowest BCUT2D eigenvalue weighted by atomic mass is 10.1. The fourth-order valence-electron chi connectivity index (χ4n) is 2.87. The zero-order valence-corrected chi connectivity index (χ0v) is 14.1. The molecule has 8 heteroatoms. The van der Waals surface area contributed by atoms with E-state index >= 15 is 0 Å². The smallest absolute Gasteiger partial charge is 0.264 e. The van der Waals surface area contributed by atoms with Crippen molar-refractivity contribution in [2.24, 2.45) is 0 Å². The molecule has 0 saturated carbocycles. The molecule has 1 aromatic carbocycles. The summed E-state index contributed by atoms with van der Waals surface area (Å²) in [6.45, 7) is 5.95. The van der Waals surface area contributed by atoms with Crippen molar-refractivity contribution in [3.63, 3.8) is 0 Å². The molecule has 25 heavy (non-hydrogen) atoms. The van der Waals surface area contributed by atoms with E-state index < -0.39 is 0 Å².